The molecule has 4 aromatic rings. The maximum absolute atomic E-state index is 12.9. The first kappa shape index (κ1) is 26.1. The quantitative estimate of drug-likeness (QED) is 0.251. The highest BCUT2D eigenvalue weighted by Crippen LogP contribution is 2.50. The summed E-state index contributed by atoms with van der Waals surface area (Å²) in [5.41, 5.74) is 9.00. The van der Waals surface area contributed by atoms with E-state index in [1.807, 2.05) is 13.0 Å². The van der Waals surface area contributed by atoms with Gasteiger partial charge in [-0.2, -0.15) is 0 Å². The first-order chi connectivity index (χ1) is 18.1. The number of carbonyl (C=O) groups excluding carboxylic acids is 1. The lowest BCUT2D eigenvalue weighted by atomic mass is 9.93. The number of nitrogens with zero attached hydrogens (tertiary/aromatic N) is 2. The summed E-state index contributed by atoms with van der Waals surface area (Å²) in [6.45, 7) is 12.8. The summed E-state index contributed by atoms with van der Waals surface area (Å²) in [5, 5.41) is 5.12. The van der Waals surface area contributed by atoms with E-state index < -0.39 is 0 Å². The van der Waals surface area contributed by atoms with Gasteiger partial charge < -0.3 is 14.9 Å². The van der Waals surface area contributed by atoms with Crippen LogP contribution in [0.2, 0.25) is 0 Å². The van der Waals surface area contributed by atoms with Gasteiger partial charge in [-0.05, 0) is 93.5 Å². The molecule has 6 nitrogen and oxygen atoms in total. The third-order valence-electron chi connectivity index (χ3n) is 7.89. The SMILES string of the molecule is CCCc1cc(C)[nH]c(=O)c1CNC1(c2cc(-c3ccc(C(C)=O)nc3)cc3c2c(C)cn3C(C)C)CC1. The summed E-state index contributed by atoms with van der Waals surface area (Å²) in [6, 6.07) is 10.8. The molecule has 3 heterocycles. The van der Waals surface area contributed by atoms with Gasteiger partial charge in [-0.15, -0.1) is 0 Å². The Labute approximate surface area is 224 Å². The van der Waals surface area contributed by atoms with E-state index in [0.29, 0.717) is 18.3 Å². The molecular weight excluding hydrogens is 472 g/mol. The standard InChI is InChI=1S/C32H38N4O2/c1-7-8-23-13-21(5)35-31(38)26(23)17-34-32(11-12-32)27-14-25(24-9-10-28(22(6)37)33-16-24)15-29-30(27)20(4)18-36(29)19(2)3/h9-10,13-16,18-19,34H,7-8,11-12,17H2,1-6H3,(H,35,38). The van der Waals surface area contributed by atoms with Gasteiger partial charge in [0, 0.05) is 65.2 Å². The summed E-state index contributed by atoms with van der Waals surface area (Å²) in [6.07, 6.45) is 7.99. The zero-order chi connectivity index (χ0) is 27.2. The normalized spacial score (nSPS) is 14.4. The largest absolute Gasteiger partial charge is 0.345 e. The predicted octanol–water partition coefficient (Wildman–Crippen LogP) is 6.52. The number of aromatic nitrogens is 3. The number of pyridine rings is 2. The Bertz CT molecular complexity index is 1570. The van der Waals surface area contributed by atoms with Crippen LogP contribution in [0.3, 0.4) is 0 Å². The summed E-state index contributed by atoms with van der Waals surface area (Å²) in [5.74, 6) is -0.0355. The lowest BCUT2D eigenvalue weighted by Crippen LogP contribution is -2.32. The van der Waals surface area contributed by atoms with Crippen molar-refractivity contribution >= 4 is 16.7 Å². The zero-order valence-corrected chi connectivity index (χ0v) is 23.4. The highest BCUT2D eigenvalue weighted by atomic mass is 16.1. The van der Waals surface area contributed by atoms with E-state index in [2.05, 4.69) is 71.9 Å². The van der Waals surface area contributed by atoms with Crippen LogP contribution in [0, 0.1) is 13.8 Å². The number of Topliss-reactive ketones (excluding diaryl/α,β-unsaturated/α-hetero) is 1. The minimum absolute atomic E-state index is 0.00873. The molecule has 1 saturated carbocycles. The van der Waals surface area contributed by atoms with Crippen molar-refractivity contribution in [1.29, 1.82) is 0 Å². The third kappa shape index (κ3) is 4.73. The molecule has 5 rings (SSSR count). The molecule has 0 saturated heterocycles. The molecule has 0 radical (unpaired) electrons. The molecule has 0 atom stereocenters. The summed E-state index contributed by atoms with van der Waals surface area (Å²) >= 11 is 0. The van der Waals surface area contributed by atoms with Crippen molar-refractivity contribution in [3.8, 4) is 11.1 Å². The van der Waals surface area contributed by atoms with Gasteiger partial charge in [-0.25, -0.2) is 0 Å². The molecular formula is C32H38N4O2. The third-order valence-corrected chi connectivity index (χ3v) is 7.89. The second-order valence-corrected chi connectivity index (χ2v) is 11.2. The van der Waals surface area contributed by atoms with Crippen molar-refractivity contribution in [1.82, 2.24) is 19.9 Å². The summed E-state index contributed by atoms with van der Waals surface area (Å²) in [7, 11) is 0. The van der Waals surface area contributed by atoms with E-state index in [9.17, 15) is 9.59 Å². The van der Waals surface area contributed by atoms with Crippen LogP contribution in [0.4, 0.5) is 0 Å². The lowest BCUT2D eigenvalue weighted by molar-refractivity contribution is 0.101. The van der Waals surface area contributed by atoms with E-state index >= 15 is 0 Å². The molecule has 3 aromatic heterocycles. The van der Waals surface area contributed by atoms with Crippen LogP contribution in [0.25, 0.3) is 22.0 Å². The van der Waals surface area contributed by atoms with Crippen LogP contribution in [0.15, 0.2) is 47.5 Å². The minimum atomic E-state index is -0.185. The van der Waals surface area contributed by atoms with Gasteiger partial charge >= 0.3 is 0 Å². The van der Waals surface area contributed by atoms with E-state index in [-0.39, 0.29) is 16.9 Å². The monoisotopic (exact) mass is 510 g/mol. The number of aryl methyl sites for hydroxylation is 3. The highest BCUT2D eigenvalue weighted by molar-refractivity contribution is 5.94. The molecule has 2 N–H and O–H groups in total. The number of hydrogen-bond donors (Lipinski definition) is 2. The number of ketones is 1. The number of rotatable bonds is 9. The fraction of sp³-hybridized carbons (Fsp3) is 0.406. The second-order valence-electron chi connectivity index (χ2n) is 11.2. The van der Waals surface area contributed by atoms with Crippen LogP contribution >= 0.6 is 0 Å². The van der Waals surface area contributed by atoms with Crippen molar-refractivity contribution in [2.24, 2.45) is 0 Å². The Hall–Kier alpha value is -3.51. The Kier molecular flexibility index (Phi) is 6.86. The van der Waals surface area contributed by atoms with Gasteiger partial charge in [0.2, 0.25) is 0 Å². The fourth-order valence-corrected chi connectivity index (χ4v) is 5.73. The van der Waals surface area contributed by atoms with Crippen LogP contribution in [-0.2, 0) is 18.5 Å². The van der Waals surface area contributed by atoms with Crippen molar-refractivity contribution in [3.63, 3.8) is 0 Å². The molecule has 6 heteroatoms. The molecule has 0 aliphatic heterocycles. The molecule has 1 aromatic carbocycles. The maximum atomic E-state index is 12.9. The van der Waals surface area contributed by atoms with Crippen molar-refractivity contribution in [2.45, 2.75) is 85.4 Å². The maximum Gasteiger partial charge on any atom is 0.252 e. The van der Waals surface area contributed by atoms with Gasteiger partial charge in [0.1, 0.15) is 5.69 Å². The number of nitrogens with one attached hydrogen (secondary N) is 2. The molecule has 1 fully saturated rings. The number of carbonyl (C=O) groups is 1. The van der Waals surface area contributed by atoms with Gasteiger partial charge in [0.15, 0.2) is 5.78 Å². The molecule has 0 amide bonds. The van der Waals surface area contributed by atoms with Crippen molar-refractivity contribution in [3.05, 3.63) is 86.7 Å². The predicted molar refractivity (Wildman–Crippen MR) is 154 cm³/mol. The smallest absolute Gasteiger partial charge is 0.252 e. The van der Waals surface area contributed by atoms with E-state index in [0.717, 1.165) is 53.6 Å². The van der Waals surface area contributed by atoms with Crippen LogP contribution in [-0.4, -0.2) is 20.3 Å². The summed E-state index contributed by atoms with van der Waals surface area (Å²) < 4.78 is 2.34. The van der Waals surface area contributed by atoms with Gasteiger partial charge in [0.05, 0.1) is 0 Å². The zero-order valence-electron chi connectivity index (χ0n) is 23.4. The van der Waals surface area contributed by atoms with Crippen molar-refractivity contribution in [2.75, 3.05) is 0 Å². The Balaban J connectivity index is 1.61. The first-order valence-electron chi connectivity index (χ1n) is 13.7. The van der Waals surface area contributed by atoms with E-state index in [4.69, 9.17) is 0 Å². The molecule has 0 unspecified atom stereocenters. The number of hydrogen-bond acceptors (Lipinski definition) is 4. The van der Waals surface area contributed by atoms with Crippen LogP contribution in [0.5, 0.6) is 0 Å². The number of aromatic amines is 1. The summed E-state index contributed by atoms with van der Waals surface area (Å²) in [4.78, 5) is 32.1. The average molecular weight is 511 g/mol. The Morgan fingerprint density at radius 2 is 1.92 bits per heavy atom. The molecule has 0 spiro atoms. The first-order valence-corrected chi connectivity index (χ1v) is 13.7. The lowest BCUT2D eigenvalue weighted by Gasteiger charge is -2.22. The average Bonchev–Trinajstić information content (AvgIpc) is 3.59. The molecule has 198 valence electrons. The number of fused-ring (bicyclic) bond motifs is 1. The molecule has 38 heavy (non-hydrogen) atoms. The Morgan fingerprint density at radius 1 is 1.16 bits per heavy atom. The Morgan fingerprint density at radius 3 is 2.53 bits per heavy atom. The van der Waals surface area contributed by atoms with Gasteiger partial charge in [-0.1, -0.05) is 19.4 Å². The van der Waals surface area contributed by atoms with Crippen LogP contribution < -0.4 is 10.9 Å². The molecule has 1 aliphatic carbocycles. The molecule has 1 aliphatic rings. The number of H-pyrrole nitrogens is 1. The van der Waals surface area contributed by atoms with Gasteiger partial charge in [0.25, 0.3) is 5.56 Å². The number of benzene rings is 1. The van der Waals surface area contributed by atoms with E-state index in [1.165, 1.54) is 29.0 Å². The molecule has 0 bridgehead atoms. The fourth-order valence-electron chi connectivity index (χ4n) is 5.73. The highest BCUT2D eigenvalue weighted by Gasteiger charge is 2.45. The van der Waals surface area contributed by atoms with E-state index in [1.54, 1.807) is 12.3 Å². The minimum Gasteiger partial charge on any atom is -0.345 e. The van der Waals surface area contributed by atoms with Crippen molar-refractivity contribution < 1.29 is 4.79 Å². The second kappa shape index (κ2) is 9.99. The van der Waals surface area contributed by atoms with Crippen LogP contribution in [0.1, 0.15) is 91.4 Å². The topological polar surface area (TPSA) is 79.8 Å². The van der Waals surface area contributed by atoms with Gasteiger partial charge in [-0.3, -0.25) is 14.6 Å².